The number of hydrogen-bond acceptors (Lipinski definition) is 3. The molecule has 0 aliphatic carbocycles. The minimum atomic E-state index is 0.459. The first kappa shape index (κ1) is 7.02. The van der Waals surface area contributed by atoms with E-state index in [4.69, 9.17) is 11.5 Å². The molecule has 3 nitrogen and oxygen atoms in total. The van der Waals surface area contributed by atoms with Crippen LogP contribution in [-0.2, 0) is 6.54 Å². The average molecular weight is 137 g/mol. The molecule has 0 saturated carbocycles. The molecule has 10 heavy (non-hydrogen) atoms. The molecular weight excluding hydrogens is 126 g/mol. The largest absolute Gasteiger partial charge is 0.383 e. The summed E-state index contributed by atoms with van der Waals surface area (Å²) in [4.78, 5) is 3.95. The quantitative estimate of drug-likeness (QED) is 0.590. The van der Waals surface area contributed by atoms with Gasteiger partial charge >= 0.3 is 0 Å². The Morgan fingerprint density at radius 2 is 2.30 bits per heavy atom. The highest BCUT2D eigenvalue weighted by Gasteiger charge is 1.96. The summed E-state index contributed by atoms with van der Waals surface area (Å²) >= 11 is 0. The van der Waals surface area contributed by atoms with Gasteiger partial charge in [0.15, 0.2) is 0 Å². The molecule has 0 atom stereocenters. The summed E-state index contributed by atoms with van der Waals surface area (Å²) in [5.74, 6) is 0.535. The summed E-state index contributed by atoms with van der Waals surface area (Å²) in [5, 5.41) is 0. The van der Waals surface area contributed by atoms with Crippen molar-refractivity contribution in [2.24, 2.45) is 5.73 Å². The second-order valence-electron chi connectivity index (χ2n) is 2.26. The zero-order valence-electron chi connectivity index (χ0n) is 5.96. The summed E-state index contributed by atoms with van der Waals surface area (Å²) in [5.41, 5.74) is 12.9. The number of rotatable bonds is 1. The third-order valence-electron chi connectivity index (χ3n) is 1.36. The van der Waals surface area contributed by atoms with Gasteiger partial charge in [-0.15, -0.1) is 0 Å². The maximum absolute atomic E-state index is 5.51. The molecule has 0 radical (unpaired) electrons. The topological polar surface area (TPSA) is 64.9 Å². The molecule has 0 spiro atoms. The predicted molar refractivity (Wildman–Crippen MR) is 41.3 cm³/mol. The van der Waals surface area contributed by atoms with Crippen molar-refractivity contribution in [2.45, 2.75) is 13.5 Å². The number of nitrogens with zero attached hydrogens (tertiary/aromatic N) is 1. The van der Waals surface area contributed by atoms with E-state index in [0.717, 1.165) is 11.1 Å². The fourth-order valence-electron chi connectivity index (χ4n) is 0.804. The molecule has 3 heteroatoms. The molecule has 1 aromatic rings. The predicted octanol–water partition coefficient (Wildman–Crippen LogP) is 0.431. The summed E-state index contributed by atoms with van der Waals surface area (Å²) in [6.07, 6.45) is 1.73. The van der Waals surface area contributed by atoms with Gasteiger partial charge in [0.2, 0.25) is 0 Å². The summed E-state index contributed by atoms with van der Waals surface area (Å²) in [7, 11) is 0. The molecule has 0 aliphatic rings. The molecule has 0 aromatic carbocycles. The number of hydrogen-bond donors (Lipinski definition) is 2. The highest BCUT2D eigenvalue weighted by Crippen LogP contribution is 2.08. The van der Waals surface area contributed by atoms with Gasteiger partial charge in [-0.3, -0.25) is 0 Å². The molecule has 1 heterocycles. The Morgan fingerprint density at radius 3 is 2.80 bits per heavy atom. The van der Waals surface area contributed by atoms with Crippen LogP contribution in [0.1, 0.15) is 11.1 Å². The van der Waals surface area contributed by atoms with Gasteiger partial charge in [-0.2, -0.15) is 0 Å². The van der Waals surface area contributed by atoms with Crippen LogP contribution >= 0.6 is 0 Å². The molecule has 54 valence electrons. The lowest BCUT2D eigenvalue weighted by Gasteiger charge is -2.00. The first-order chi connectivity index (χ1) is 4.74. The SMILES string of the molecule is Cc1cnc(N)c(CN)c1. The fourth-order valence-corrected chi connectivity index (χ4v) is 0.804. The van der Waals surface area contributed by atoms with E-state index in [1.54, 1.807) is 6.20 Å². The van der Waals surface area contributed by atoms with Gasteiger partial charge < -0.3 is 11.5 Å². The van der Waals surface area contributed by atoms with E-state index in [2.05, 4.69) is 4.98 Å². The molecule has 0 fully saturated rings. The molecule has 0 saturated heterocycles. The monoisotopic (exact) mass is 137 g/mol. The zero-order chi connectivity index (χ0) is 7.56. The van der Waals surface area contributed by atoms with E-state index >= 15 is 0 Å². The number of nitrogens with two attached hydrogens (primary N) is 2. The molecule has 0 bridgehead atoms. The number of aromatic nitrogens is 1. The van der Waals surface area contributed by atoms with E-state index < -0.39 is 0 Å². The number of anilines is 1. The molecule has 1 rings (SSSR count). The van der Waals surface area contributed by atoms with E-state index in [9.17, 15) is 0 Å². The Balaban J connectivity index is 3.09. The third kappa shape index (κ3) is 1.25. The minimum absolute atomic E-state index is 0.459. The van der Waals surface area contributed by atoms with Crippen LogP contribution in [0, 0.1) is 6.92 Å². The Morgan fingerprint density at radius 1 is 1.60 bits per heavy atom. The first-order valence-corrected chi connectivity index (χ1v) is 3.15. The van der Waals surface area contributed by atoms with Gasteiger partial charge in [0.05, 0.1) is 0 Å². The number of aryl methyl sites for hydroxylation is 1. The average Bonchev–Trinajstić information content (AvgIpc) is 1.94. The van der Waals surface area contributed by atoms with Crippen molar-refractivity contribution >= 4 is 5.82 Å². The second-order valence-corrected chi connectivity index (χ2v) is 2.26. The van der Waals surface area contributed by atoms with Crippen LogP contribution < -0.4 is 11.5 Å². The maximum atomic E-state index is 5.51. The van der Waals surface area contributed by atoms with E-state index in [1.165, 1.54) is 0 Å². The minimum Gasteiger partial charge on any atom is -0.383 e. The van der Waals surface area contributed by atoms with Crippen molar-refractivity contribution < 1.29 is 0 Å². The van der Waals surface area contributed by atoms with Gasteiger partial charge in [-0.05, 0) is 18.6 Å². The van der Waals surface area contributed by atoms with Gasteiger partial charge in [-0.1, -0.05) is 0 Å². The van der Waals surface area contributed by atoms with Crippen LogP contribution in [0.4, 0.5) is 5.82 Å². The van der Waals surface area contributed by atoms with Crippen molar-refractivity contribution in [1.29, 1.82) is 0 Å². The van der Waals surface area contributed by atoms with Crippen molar-refractivity contribution in [2.75, 3.05) is 5.73 Å². The summed E-state index contributed by atoms with van der Waals surface area (Å²) in [6.45, 7) is 2.42. The standard InChI is InChI=1S/C7H11N3/c1-5-2-6(3-8)7(9)10-4-5/h2,4H,3,8H2,1H3,(H2,9,10). The maximum Gasteiger partial charge on any atom is 0.127 e. The van der Waals surface area contributed by atoms with E-state index in [1.807, 2.05) is 13.0 Å². The first-order valence-electron chi connectivity index (χ1n) is 3.15. The van der Waals surface area contributed by atoms with Gasteiger partial charge in [0.1, 0.15) is 5.82 Å². The van der Waals surface area contributed by atoms with Crippen molar-refractivity contribution in [1.82, 2.24) is 4.98 Å². The second kappa shape index (κ2) is 2.66. The van der Waals surface area contributed by atoms with Gasteiger partial charge in [0.25, 0.3) is 0 Å². The number of pyridine rings is 1. The van der Waals surface area contributed by atoms with Gasteiger partial charge in [-0.25, -0.2) is 4.98 Å². The van der Waals surface area contributed by atoms with Gasteiger partial charge in [0, 0.05) is 18.3 Å². The van der Waals surface area contributed by atoms with Crippen molar-refractivity contribution in [3.8, 4) is 0 Å². The van der Waals surface area contributed by atoms with Crippen LogP contribution in [-0.4, -0.2) is 4.98 Å². The van der Waals surface area contributed by atoms with Crippen LogP contribution in [0.25, 0.3) is 0 Å². The van der Waals surface area contributed by atoms with E-state index in [-0.39, 0.29) is 0 Å². The van der Waals surface area contributed by atoms with E-state index in [0.29, 0.717) is 12.4 Å². The third-order valence-corrected chi connectivity index (χ3v) is 1.36. The molecule has 0 amide bonds. The summed E-state index contributed by atoms with van der Waals surface area (Å²) in [6, 6.07) is 1.95. The molecule has 0 aliphatic heterocycles. The van der Waals surface area contributed by atoms with Crippen LogP contribution in [0.2, 0.25) is 0 Å². The normalized spacial score (nSPS) is 9.80. The van der Waals surface area contributed by atoms with Crippen LogP contribution in [0.5, 0.6) is 0 Å². The Kier molecular flexibility index (Phi) is 1.87. The Labute approximate surface area is 60.1 Å². The van der Waals surface area contributed by atoms with Crippen molar-refractivity contribution in [3.63, 3.8) is 0 Å². The lowest BCUT2D eigenvalue weighted by molar-refractivity contribution is 1.05. The lowest BCUT2D eigenvalue weighted by Crippen LogP contribution is -2.03. The van der Waals surface area contributed by atoms with Crippen LogP contribution in [0.15, 0.2) is 12.3 Å². The Hall–Kier alpha value is -1.09. The zero-order valence-corrected chi connectivity index (χ0v) is 5.96. The molecular formula is C7H11N3. The Bertz CT molecular complexity index is 232. The summed E-state index contributed by atoms with van der Waals surface area (Å²) < 4.78 is 0. The van der Waals surface area contributed by atoms with Crippen molar-refractivity contribution in [3.05, 3.63) is 23.4 Å². The molecule has 1 aromatic heterocycles. The molecule has 4 N–H and O–H groups in total. The highest BCUT2D eigenvalue weighted by molar-refractivity contribution is 5.40. The smallest absolute Gasteiger partial charge is 0.127 e. The number of nitrogen functional groups attached to an aromatic ring is 1. The van der Waals surface area contributed by atoms with Crippen LogP contribution in [0.3, 0.4) is 0 Å². The highest BCUT2D eigenvalue weighted by atomic mass is 14.8. The molecule has 0 unspecified atom stereocenters. The lowest BCUT2D eigenvalue weighted by atomic mass is 10.2. The fraction of sp³-hybridized carbons (Fsp3) is 0.286.